The topological polar surface area (TPSA) is 72.2 Å². The molecule has 2 rings (SSSR count). The van der Waals surface area contributed by atoms with Crippen LogP contribution in [0.1, 0.15) is 37.3 Å². The summed E-state index contributed by atoms with van der Waals surface area (Å²) in [7, 11) is -3.45. The average Bonchev–Trinajstić information content (AvgIpc) is 3.12. The van der Waals surface area contributed by atoms with E-state index >= 15 is 0 Å². The molecule has 5 heteroatoms. The number of rotatable bonds is 6. The molecule has 106 valence electrons. The molecule has 0 heterocycles. The molecule has 0 amide bonds. The summed E-state index contributed by atoms with van der Waals surface area (Å²) in [5.74, 6) is 0.703. The van der Waals surface area contributed by atoms with E-state index in [4.69, 9.17) is 5.73 Å². The van der Waals surface area contributed by atoms with Crippen molar-refractivity contribution < 1.29 is 8.42 Å². The minimum absolute atomic E-state index is 0.0153. The van der Waals surface area contributed by atoms with Gasteiger partial charge in [-0.2, -0.15) is 0 Å². The first-order valence-electron chi connectivity index (χ1n) is 6.75. The summed E-state index contributed by atoms with van der Waals surface area (Å²) in [4.78, 5) is 0.345. The van der Waals surface area contributed by atoms with E-state index in [1.165, 1.54) is 12.8 Å². The van der Waals surface area contributed by atoms with Gasteiger partial charge in [-0.25, -0.2) is 13.1 Å². The van der Waals surface area contributed by atoms with Crippen LogP contribution in [-0.4, -0.2) is 14.5 Å². The predicted octanol–water partition coefficient (Wildman–Crippen LogP) is 1.92. The van der Waals surface area contributed by atoms with Crippen molar-refractivity contribution in [3.05, 3.63) is 29.3 Å². The minimum atomic E-state index is -3.45. The van der Waals surface area contributed by atoms with Gasteiger partial charge in [0.25, 0.3) is 0 Å². The van der Waals surface area contributed by atoms with Gasteiger partial charge in [0.1, 0.15) is 0 Å². The van der Waals surface area contributed by atoms with Crippen LogP contribution in [0.2, 0.25) is 0 Å². The van der Waals surface area contributed by atoms with Crippen molar-refractivity contribution >= 4 is 10.0 Å². The highest BCUT2D eigenvalue weighted by Crippen LogP contribution is 2.33. The second-order valence-electron chi connectivity index (χ2n) is 5.45. The zero-order valence-electron chi connectivity index (χ0n) is 11.5. The van der Waals surface area contributed by atoms with Gasteiger partial charge in [-0.05, 0) is 43.4 Å². The van der Waals surface area contributed by atoms with E-state index in [2.05, 4.69) is 4.72 Å². The van der Waals surface area contributed by atoms with Crippen LogP contribution in [0.25, 0.3) is 0 Å². The van der Waals surface area contributed by atoms with Crippen LogP contribution in [0.5, 0.6) is 0 Å². The van der Waals surface area contributed by atoms with E-state index in [9.17, 15) is 8.42 Å². The number of nitrogens with one attached hydrogen (secondary N) is 1. The highest BCUT2D eigenvalue weighted by molar-refractivity contribution is 7.89. The third-order valence-corrected chi connectivity index (χ3v) is 5.38. The maximum absolute atomic E-state index is 12.4. The molecular formula is C14H22N2O2S. The van der Waals surface area contributed by atoms with E-state index in [1.54, 1.807) is 12.1 Å². The van der Waals surface area contributed by atoms with Crippen molar-refractivity contribution in [3.8, 4) is 0 Å². The number of nitrogens with two attached hydrogens (primary N) is 1. The molecule has 0 saturated heterocycles. The lowest BCUT2D eigenvalue weighted by molar-refractivity contribution is 0.529. The summed E-state index contributed by atoms with van der Waals surface area (Å²) in [5.41, 5.74) is 7.24. The lowest BCUT2D eigenvalue weighted by Crippen LogP contribution is -2.33. The SMILES string of the molecule is Cc1c(CN)cccc1S(=O)(=O)NC(C)CC1CC1. The summed E-state index contributed by atoms with van der Waals surface area (Å²) >= 11 is 0. The van der Waals surface area contributed by atoms with Crippen LogP contribution in [-0.2, 0) is 16.6 Å². The lowest BCUT2D eigenvalue weighted by Gasteiger charge is -2.16. The fourth-order valence-corrected chi connectivity index (χ4v) is 3.95. The molecule has 0 spiro atoms. The Morgan fingerprint density at radius 1 is 1.42 bits per heavy atom. The Morgan fingerprint density at radius 3 is 2.68 bits per heavy atom. The zero-order valence-corrected chi connectivity index (χ0v) is 12.3. The molecule has 1 aliphatic carbocycles. The molecular weight excluding hydrogens is 260 g/mol. The van der Waals surface area contributed by atoms with Crippen LogP contribution in [0.3, 0.4) is 0 Å². The molecule has 1 fully saturated rings. The highest BCUT2D eigenvalue weighted by atomic mass is 32.2. The number of benzene rings is 1. The summed E-state index contributed by atoms with van der Waals surface area (Å²) < 4.78 is 27.5. The van der Waals surface area contributed by atoms with E-state index < -0.39 is 10.0 Å². The number of sulfonamides is 1. The molecule has 19 heavy (non-hydrogen) atoms. The summed E-state index contributed by atoms with van der Waals surface area (Å²) in [5, 5.41) is 0. The van der Waals surface area contributed by atoms with Crippen molar-refractivity contribution in [1.29, 1.82) is 0 Å². The van der Waals surface area contributed by atoms with Crippen molar-refractivity contribution in [2.45, 2.75) is 50.6 Å². The molecule has 4 nitrogen and oxygen atoms in total. The normalized spacial score (nSPS) is 17.4. The van der Waals surface area contributed by atoms with Crippen LogP contribution in [0, 0.1) is 12.8 Å². The van der Waals surface area contributed by atoms with Crippen LogP contribution >= 0.6 is 0 Å². The van der Waals surface area contributed by atoms with Crippen molar-refractivity contribution in [2.75, 3.05) is 0 Å². The second-order valence-corrected chi connectivity index (χ2v) is 7.13. The van der Waals surface area contributed by atoms with Gasteiger partial charge in [-0.3, -0.25) is 0 Å². The van der Waals surface area contributed by atoms with Crippen LogP contribution in [0.4, 0.5) is 0 Å². The Balaban J connectivity index is 2.18. The zero-order chi connectivity index (χ0) is 14.0. The maximum Gasteiger partial charge on any atom is 0.241 e. The van der Waals surface area contributed by atoms with Gasteiger partial charge in [-0.15, -0.1) is 0 Å². The largest absolute Gasteiger partial charge is 0.326 e. The fraction of sp³-hybridized carbons (Fsp3) is 0.571. The molecule has 0 radical (unpaired) electrons. The summed E-state index contributed by atoms with van der Waals surface area (Å²) in [6.07, 6.45) is 3.39. The quantitative estimate of drug-likeness (QED) is 0.837. The van der Waals surface area contributed by atoms with E-state index in [-0.39, 0.29) is 6.04 Å². The first-order chi connectivity index (χ1) is 8.94. The Morgan fingerprint density at radius 2 is 2.11 bits per heavy atom. The highest BCUT2D eigenvalue weighted by Gasteiger charge is 2.26. The second kappa shape index (κ2) is 5.61. The van der Waals surface area contributed by atoms with E-state index in [0.717, 1.165) is 17.5 Å². The Hall–Kier alpha value is -0.910. The van der Waals surface area contributed by atoms with Gasteiger partial charge in [0.05, 0.1) is 4.90 Å². The Kier molecular flexibility index (Phi) is 4.28. The first kappa shape index (κ1) is 14.5. The smallest absolute Gasteiger partial charge is 0.241 e. The van der Waals surface area contributed by atoms with Gasteiger partial charge in [0.15, 0.2) is 0 Å². The molecule has 3 N–H and O–H groups in total. The molecule has 0 aliphatic heterocycles. The Bertz CT molecular complexity index is 551. The first-order valence-corrected chi connectivity index (χ1v) is 8.23. The van der Waals surface area contributed by atoms with Gasteiger partial charge < -0.3 is 5.73 Å². The van der Waals surface area contributed by atoms with Gasteiger partial charge >= 0.3 is 0 Å². The number of hydrogen-bond acceptors (Lipinski definition) is 3. The molecule has 1 saturated carbocycles. The summed E-state index contributed by atoms with van der Waals surface area (Å²) in [6, 6.07) is 5.23. The molecule has 0 aromatic heterocycles. The van der Waals surface area contributed by atoms with Crippen LogP contribution < -0.4 is 10.5 Å². The predicted molar refractivity (Wildman–Crippen MR) is 76.2 cm³/mol. The van der Waals surface area contributed by atoms with Crippen molar-refractivity contribution in [1.82, 2.24) is 4.72 Å². The van der Waals surface area contributed by atoms with Crippen LogP contribution in [0.15, 0.2) is 23.1 Å². The minimum Gasteiger partial charge on any atom is -0.326 e. The monoisotopic (exact) mass is 282 g/mol. The van der Waals surface area contributed by atoms with Gasteiger partial charge in [0.2, 0.25) is 10.0 Å². The fourth-order valence-electron chi connectivity index (χ4n) is 2.40. The molecule has 1 aliphatic rings. The van der Waals surface area contributed by atoms with Crippen molar-refractivity contribution in [2.24, 2.45) is 11.7 Å². The third-order valence-electron chi connectivity index (χ3n) is 3.65. The lowest BCUT2D eigenvalue weighted by atomic mass is 10.1. The standard InChI is InChI=1S/C14H22N2O2S/c1-10(8-12-6-7-12)16-19(17,18)14-5-3-4-13(9-15)11(14)2/h3-5,10,12,16H,6-9,15H2,1-2H3. The molecule has 1 aromatic rings. The third kappa shape index (κ3) is 3.55. The molecule has 1 atom stereocenters. The maximum atomic E-state index is 12.4. The summed E-state index contributed by atoms with van der Waals surface area (Å²) in [6.45, 7) is 4.09. The molecule has 1 aromatic carbocycles. The molecule has 0 bridgehead atoms. The Labute approximate surface area is 115 Å². The average molecular weight is 282 g/mol. The van der Waals surface area contributed by atoms with E-state index in [0.29, 0.717) is 17.4 Å². The van der Waals surface area contributed by atoms with E-state index in [1.807, 2.05) is 19.9 Å². The van der Waals surface area contributed by atoms with Gasteiger partial charge in [0, 0.05) is 12.6 Å². The number of hydrogen-bond donors (Lipinski definition) is 2. The van der Waals surface area contributed by atoms with Crippen molar-refractivity contribution in [3.63, 3.8) is 0 Å². The molecule has 1 unspecified atom stereocenters. The van der Waals surface area contributed by atoms with Gasteiger partial charge in [-0.1, -0.05) is 25.0 Å².